The highest BCUT2D eigenvalue weighted by atomic mass is 16.6. The van der Waals surface area contributed by atoms with Gasteiger partial charge in [-0.05, 0) is 141 Å². The molecule has 6 heteroatoms. The third kappa shape index (κ3) is 63.7. The van der Waals surface area contributed by atoms with E-state index in [2.05, 4.69) is 179 Å². The van der Waals surface area contributed by atoms with Crippen molar-refractivity contribution in [3.05, 3.63) is 158 Å². The van der Waals surface area contributed by atoms with Gasteiger partial charge < -0.3 is 14.2 Å². The average molecular weight is 1090 g/mol. The molecule has 0 fully saturated rings. The van der Waals surface area contributed by atoms with Gasteiger partial charge in [-0.25, -0.2) is 0 Å². The zero-order chi connectivity index (χ0) is 57.1. The Morgan fingerprint density at radius 1 is 0.266 bits per heavy atom. The Morgan fingerprint density at radius 2 is 0.494 bits per heavy atom. The summed E-state index contributed by atoms with van der Waals surface area (Å²) in [6.45, 7) is 6.32. The van der Waals surface area contributed by atoms with Crippen molar-refractivity contribution in [3.63, 3.8) is 0 Å². The summed E-state index contributed by atoms with van der Waals surface area (Å²) < 4.78 is 16.9. The van der Waals surface area contributed by atoms with Gasteiger partial charge in [-0.2, -0.15) is 0 Å². The van der Waals surface area contributed by atoms with E-state index in [1.54, 1.807) is 0 Å². The fourth-order valence-electron chi connectivity index (χ4n) is 8.25. The van der Waals surface area contributed by atoms with Gasteiger partial charge in [0.2, 0.25) is 0 Å². The van der Waals surface area contributed by atoms with Crippen LogP contribution in [-0.4, -0.2) is 37.2 Å². The van der Waals surface area contributed by atoms with Crippen LogP contribution >= 0.6 is 0 Å². The molecule has 0 aromatic carbocycles. The van der Waals surface area contributed by atoms with Crippen molar-refractivity contribution in [1.82, 2.24) is 0 Å². The van der Waals surface area contributed by atoms with Crippen LogP contribution in [0.2, 0.25) is 0 Å². The first-order chi connectivity index (χ1) is 39.0. The predicted octanol–water partition coefficient (Wildman–Crippen LogP) is 22.1. The fourth-order valence-corrected chi connectivity index (χ4v) is 8.25. The van der Waals surface area contributed by atoms with Gasteiger partial charge in [-0.3, -0.25) is 14.4 Å². The monoisotopic (exact) mass is 1090 g/mol. The predicted molar refractivity (Wildman–Crippen MR) is 343 cm³/mol. The Labute approximate surface area is 486 Å². The number of allylic oxidation sites excluding steroid dienone is 26. The van der Waals surface area contributed by atoms with Crippen molar-refractivity contribution >= 4 is 17.9 Å². The highest BCUT2D eigenvalue weighted by Gasteiger charge is 2.19. The normalized spacial score (nSPS) is 13.2. The minimum absolute atomic E-state index is 0.104. The van der Waals surface area contributed by atoms with E-state index in [4.69, 9.17) is 14.2 Å². The lowest BCUT2D eigenvalue weighted by molar-refractivity contribution is -0.167. The van der Waals surface area contributed by atoms with Crippen LogP contribution in [0.1, 0.15) is 265 Å². The van der Waals surface area contributed by atoms with Crippen LogP contribution in [0.4, 0.5) is 0 Å². The van der Waals surface area contributed by atoms with Gasteiger partial charge in [0.25, 0.3) is 0 Å². The molecule has 444 valence electrons. The molecule has 0 aromatic rings. The van der Waals surface area contributed by atoms with Gasteiger partial charge in [-0.1, -0.05) is 262 Å². The lowest BCUT2D eigenvalue weighted by atomic mass is 10.0. The van der Waals surface area contributed by atoms with E-state index in [0.717, 1.165) is 141 Å². The molecule has 0 N–H and O–H groups in total. The summed E-state index contributed by atoms with van der Waals surface area (Å²) in [5.41, 5.74) is 0. The Morgan fingerprint density at radius 3 is 0.810 bits per heavy atom. The van der Waals surface area contributed by atoms with Crippen LogP contribution in [-0.2, 0) is 28.6 Å². The largest absolute Gasteiger partial charge is 0.462 e. The van der Waals surface area contributed by atoms with Crippen molar-refractivity contribution < 1.29 is 28.6 Å². The summed E-state index contributed by atoms with van der Waals surface area (Å²) in [5.74, 6) is -0.966. The second-order valence-corrected chi connectivity index (χ2v) is 20.5. The first-order valence-corrected chi connectivity index (χ1v) is 32.0. The van der Waals surface area contributed by atoms with Gasteiger partial charge in [0.15, 0.2) is 6.10 Å². The van der Waals surface area contributed by atoms with E-state index in [1.807, 2.05) is 0 Å². The lowest BCUT2D eigenvalue weighted by Gasteiger charge is -2.18. The van der Waals surface area contributed by atoms with Crippen LogP contribution < -0.4 is 0 Å². The molecule has 0 radical (unpaired) electrons. The van der Waals surface area contributed by atoms with Crippen LogP contribution in [0.25, 0.3) is 0 Å². The lowest BCUT2D eigenvalue weighted by Crippen LogP contribution is -2.30. The average Bonchev–Trinajstić information content (AvgIpc) is 3.45. The maximum absolute atomic E-state index is 12.9. The molecule has 0 saturated carbocycles. The Kier molecular flexibility index (Phi) is 61.4. The molecule has 0 amide bonds. The summed E-state index contributed by atoms with van der Waals surface area (Å²) in [7, 11) is 0. The molecule has 0 rings (SSSR count). The van der Waals surface area contributed by atoms with Gasteiger partial charge in [0, 0.05) is 19.3 Å². The third-order valence-corrected chi connectivity index (χ3v) is 13.0. The van der Waals surface area contributed by atoms with Crippen LogP contribution in [0.15, 0.2) is 158 Å². The topological polar surface area (TPSA) is 78.9 Å². The van der Waals surface area contributed by atoms with Crippen LogP contribution in [0.5, 0.6) is 0 Å². The fraction of sp³-hybridized carbons (Fsp3) is 0.603. The molecular weight excluding hydrogens is 973 g/mol. The first kappa shape index (κ1) is 74.0. The number of hydrogen-bond acceptors (Lipinski definition) is 6. The third-order valence-electron chi connectivity index (χ3n) is 13.0. The number of rotatable bonds is 56. The molecule has 0 bridgehead atoms. The molecule has 0 aromatic heterocycles. The molecule has 0 spiro atoms. The maximum Gasteiger partial charge on any atom is 0.306 e. The summed E-state index contributed by atoms with van der Waals surface area (Å²) in [5, 5.41) is 0. The summed E-state index contributed by atoms with van der Waals surface area (Å²) in [6, 6.07) is 0. The zero-order valence-electron chi connectivity index (χ0n) is 50.8. The molecule has 79 heavy (non-hydrogen) atoms. The molecule has 0 aliphatic heterocycles. The van der Waals surface area contributed by atoms with Crippen molar-refractivity contribution in [3.8, 4) is 0 Å². The van der Waals surface area contributed by atoms with Gasteiger partial charge in [0.1, 0.15) is 13.2 Å². The van der Waals surface area contributed by atoms with Crippen molar-refractivity contribution in [2.24, 2.45) is 0 Å². The Bertz CT molecular complexity index is 1780. The van der Waals surface area contributed by atoms with E-state index in [9.17, 15) is 14.4 Å². The molecule has 0 aliphatic rings. The molecule has 0 heterocycles. The molecule has 1 unspecified atom stereocenters. The van der Waals surface area contributed by atoms with E-state index in [0.29, 0.717) is 25.7 Å². The number of carbonyl (C=O) groups is 3. The Hall–Kier alpha value is -4.97. The standard InChI is InChI=1S/C73H116O6/c1-4-7-10-13-16-19-22-24-26-28-30-32-34-35-36-37-39-40-42-44-46-48-51-54-57-60-63-66-72(75)78-69-70(68-77-71(74)65-62-59-56-53-50-21-18-15-12-9-6-3)79-73(76)67-64-61-58-55-52-49-47-45-43-41-38-33-31-29-27-25-23-20-17-14-11-8-5-2/h7-8,10-11,15-20,24-27,30-33,35-36,39-40,44,46,51,54,70H,4-6,9,12-14,21-23,28-29,34,37-38,41-43,45,47-50,52-53,55-69H2,1-3H3/b10-7-,11-8-,18-15-,19-16-,20-17-,26-24-,27-25-,32-30-,33-31-,36-35-,40-39-,46-44-,54-51-. The van der Waals surface area contributed by atoms with Crippen LogP contribution in [0, 0.1) is 0 Å². The molecular formula is C73H116O6. The van der Waals surface area contributed by atoms with Crippen molar-refractivity contribution in [1.29, 1.82) is 0 Å². The smallest absolute Gasteiger partial charge is 0.306 e. The molecule has 0 saturated heterocycles. The minimum Gasteiger partial charge on any atom is -0.462 e. The molecule has 6 nitrogen and oxygen atoms in total. The molecule has 1 atom stereocenters. The van der Waals surface area contributed by atoms with Gasteiger partial charge in [-0.15, -0.1) is 0 Å². The molecule has 0 aliphatic carbocycles. The van der Waals surface area contributed by atoms with Gasteiger partial charge in [0.05, 0.1) is 0 Å². The van der Waals surface area contributed by atoms with E-state index < -0.39 is 6.10 Å². The van der Waals surface area contributed by atoms with E-state index >= 15 is 0 Å². The van der Waals surface area contributed by atoms with E-state index in [1.165, 1.54) is 77.0 Å². The van der Waals surface area contributed by atoms with Gasteiger partial charge >= 0.3 is 17.9 Å². The summed E-state index contributed by atoms with van der Waals surface area (Å²) in [6.07, 6.45) is 95.4. The number of esters is 3. The van der Waals surface area contributed by atoms with Crippen LogP contribution in [0.3, 0.4) is 0 Å². The van der Waals surface area contributed by atoms with Crippen molar-refractivity contribution in [2.75, 3.05) is 13.2 Å². The van der Waals surface area contributed by atoms with E-state index in [-0.39, 0.29) is 31.1 Å². The van der Waals surface area contributed by atoms with Crippen molar-refractivity contribution in [2.45, 2.75) is 271 Å². The summed E-state index contributed by atoms with van der Waals surface area (Å²) >= 11 is 0. The number of carbonyl (C=O) groups excluding carboxylic acids is 3. The number of ether oxygens (including phenoxy) is 3. The number of hydrogen-bond donors (Lipinski definition) is 0. The first-order valence-electron chi connectivity index (χ1n) is 32.0. The highest BCUT2D eigenvalue weighted by Crippen LogP contribution is 2.15. The number of unbranched alkanes of at least 4 members (excludes halogenated alkanes) is 19. The maximum atomic E-state index is 12.9. The zero-order valence-corrected chi connectivity index (χ0v) is 50.8. The second-order valence-electron chi connectivity index (χ2n) is 20.5. The second kappa shape index (κ2) is 65.5. The Balaban J connectivity index is 4.41. The quantitative estimate of drug-likeness (QED) is 0.0261. The summed E-state index contributed by atoms with van der Waals surface area (Å²) in [4.78, 5) is 38.3. The SMILES string of the molecule is CC/C=C\C/C=C\C/C=C\C/C=C\C/C=C\C/C=C\C/C=C\C/C=C\CCCCC(=O)OCC(COC(=O)CCCCCCC/C=C\CCCC)OC(=O)CCCCCCCCCCCC/C=C\C/C=C\C/C=C\C/C=C\CC. The highest BCUT2D eigenvalue weighted by molar-refractivity contribution is 5.71. The minimum atomic E-state index is -0.810.